The second-order valence-electron chi connectivity index (χ2n) is 13.8. The third-order valence-corrected chi connectivity index (χ3v) is 10.6. The zero-order valence-corrected chi connectivity index (χ0v) is 29.1. The molecule has 2 aromatic rings. The van der Waals surface area contributed by atoms with Crippen LogP contribution in [0, 0.1) is 17.8 Å². The highest BCUT2D eigenvalue weighted by atomic mass is 35.5. The van der Waals surface area contributed by atoms with Crippen LogP contribution in [0.1, 0.15) is 75.3 Å². The number of likely N-dealkylation sites (tertiary alicyclic amines) is 1. The molecule has 1 saturated carbocycles. The Morgan fingerprint density at radius 3 is 2.43 bits per heavy atom. The number of rotatable bonds is 15. The molecule has 4 atom stereocenters. The van der Waals surface area contributed by atoms with E-state index in [1.165, 1.54) is 0 Å². The number of methoxy groups -OCH3 is 1. The molecule has 0 radical (unpaired) electrons. The molecule has 1 saturated heterocycles. The lowest BCUT2D eigenvalue weighted by molar-refractivity contribution is -0.142. The van der Waals surface area contributed by atoms with Gasteiger partial charge in [0.2, 0.25) is 0 Å². The van der Waals surface area contributed by atoms with Crippen LogP contribution in [0.5, 0.6) is 0 Å². The Hall–Kier alpha value is -3.02. The molecule has 12 heteroatoms. The second-order valence-corrected chi connectivity index (χ2v) is 14.2. The summed E-state index contributed by atoms with van der Waals surface area (Å²) < 4.78 is 46.0. The van der Waals surface area contributed by atoms with E-state index in [4.69, 9.17) is 16.3 Å². The monoisotopic (exact) mass is 709 g/mol. The SMILES string of the molecule is COCCCC[C@@](O)(c1cccc(Cl)c1)[C@@H]1CCCN(C(=O)NC(CN(CC(F)(F)F)C(=O)O)C(Cc2ccccc2)C2CCCCC2)C1. The fourth-order valence-electron chi connectivity index (χ4n) is 7.82. The number of aliphatic hydroxyl groups is 1. The first kappa shape index (κ1) is 38.8. The van der Waals surface area contributed by atoms with Gasteiger partial charge in [-0.05, 0) is 73.6 Å². The number of nitrogens with zero attached hydrogens (tertiary/aromatic N) is 2. The summed E-state index contributed by atoms with van der Waals surface area (Å²) in [4.78, 5) is 28.3. The van der Waals surface area contributed by atoms with Gasteiger partial charge in [0.1, 0.15) is 6.54 Å². The van der Waals surface area contributed by atoms with Crippen LogP contribution in [0.25, 0.3) is 0 Å². The summed E-state index contributed by atoms with van der Waals surface area (Å²) in [7, 11) is 1.63. The molecule has 0 aromatic heterocycles. The molecule has 4 rings (SSSR count). The Bertz CT molecular complexity index is 1330. The van der Waals surface area contributed by atoms with Gasteiger partial charge in [-0.2, -0.15) is 13.2 Å². The first-order valence-electron chi connectivity index (χ1n) is 17.5. The van der Waals surface area contributed by atoms with Crippen molar-refractivity contribution in [2.45, 2.75) is 88.4 Å². The number of alkyl halides is 3. The molecule has 0 spiro atoms. The molecule has 0 bridgehead atoms. The Morgan fingerprint density at radius 1 is 1.04 bits per heavy atom. The summed E-state index contributed by atoms with van der Waals surface area (Å²) in [5.74, 6) is -0.507. The van der Waals surface area contributed by atoms with Crippen LogP contribution in [-0.2, 0) is 16.8 Å². The maximum Gasteiger partial charge on any atom is 0.407 e. The summed E-state index contributed by atoms with van der Waals surface area (Å²) in [6, 6.07) is 15.4. The van der Waals surface area contributed by atoms with Gasteiger partial charge in [-0.15, -0.1) is 0 Å². The van der Waals surface area contributed by atoms with Crippen molar-refractivity contribution < 1.29 is 37.7 Å². The van der Waals surface area contributed by atoms with Crippen molar-refractivity contribution >= 4 is 23.7 Å². The van der Waals surface area contributed by atoms with E-state index in [1.807, 2.05) is 36.4 Å². The Kier molecular flexibility index (Phi) is 14.5. The number of ether oxygens (including phenoxy) is 1. The van der Waals surface area contributed by atoms with Gasteiger partial charge in [0.15, 0.2) is 0 Å². The Morgan fingerprint density at radius 2 is 1.78 bits per heavy atom. The Labute approximate surface area is 292 Å². The number of hydrogen-bond donors (Lipinski definition) is 3. The standard InChI is InChI=1S/C37H51ClF3N3O5/c1-49-21-9-8-19-36(48,29-16-10-18-31(38)23-29)30-17-11-20-43(24-30)34(45)42-33(25-44(35(46)47)26-37(39,40)41)32(28-14-6-3-7-15-28)22-27-12-4-2-5-13-27/h2,4-5,10,12-13,16,18,23,28,30,32-33,48H,3,6-9,11,14-15,17,19-22,24-26H2,1H3,(H,42,45)(H,46,47)/t30-,32?,33?,36-/m1/s1. The molecule has 49 heavy (non-hydrogen) atoms. The summed E-state index contributed by atoms with van der Waals surface area (Å²) in [6.45, 7) is -0.929. The molecular formula is C37H51ClF3N3O5. The molecule has 2 unspecified atom stereocenters. The van der Waals surface area contributed by atoms with E-state index in [-0.39, 0.29) is 24.3 Å². The van der Waals surface area contributed by atoms with Gasteiger partial charge < -0.3 is 25.2 Å². The van der Waals surface area contributed by atoms with Crippen LogP contribution >= 0.6 is 11.6 Å². The number of carbonyl (C=O) groups excluding carboxylic acids is 1. The predicted molar refractivity (Wildman–Crippen MR) is 184 cm³/mol. The van der Waals surface area contributed by atoms with Crippen LogP contribution in [0.2, 0.25) is 5.02 Å². The van der Waals surface area contributed by atoms with Crippen molar-refractivity contribution in [3.63, 3.8) is 0 Å². The summed E-state index contributed by atoms with van der Waals surface area (Å²) in [5.41, 5.74) is 0.377. The van der Waals surface area contributed by atoms with Crippen LogP contribution < -0.4 is 5.32 Å². The summed E-state index contributed by atoms with van der Waals surface area (Å²) in [5, 5.41) is 25.7. The highest BCUT2D eigenvalue weighted by Crippen LogP contribution is 2.41. The van der Waals surface area contributed by atoms with Crippen LogP contribution in [-0.4, -0.2) is 84.3 Å². The maximum atomic E-state index is 14.2. The number of urea groups is 1. The first-order chi connectivity index (χ1) is 23.4. The highest BCUT2D eigenvalue weighted by Gasteiger charge is 2.43. The first-order valence-corrected chi connectivity index (χ1v) is 17.9. The number of benzene rings is 2. The number of carbonyl (C=O) groups is 2. The van der Waals surface area contributed by atoms with E-state index in [1.54, 1.807) is 30.2 Å². The van der Waals surface area contributed by atoms with Gasteiger partial charge in [0.05, 0.1) is 11.6 Å². The van der Waals surface area contributed by atoms with Crippen LogP contribution in [0.4, 0.5) is 22.8 Å². The fraction of sp³-hybridized carbons (Fsp3) is 0.622. The molecule has 272 valence electrons. The van der Waals surface area contributed by atoms with Gasteiger partial charge in [-0.25, -0.2) is 9.59 Å². The van der Waals surface area contributed by atoms with Gasteiger partial charge in [0, 0.05) is 44.3 Å². The molecule has 3 amide bonds. The average molecular weight is 710 g/mol. The minimum Gasteiger partial charge on any atom is -0.465 e. The smallest absolute Gasteiger partial charge is 0.407 e. The highest BCUT2D eigenvalue weighted by molar-refractivity contribution is 6.30. The van der Waals surface area contributed by atoms with Gasteiger partial charge >= 0.3 is 18.3 Å². The van der Waals surface area contributed by atoms with Crippen molar-refractivity contribution in [3.05, 3.63) is 70.7 Å². The fourth-order valence-corrected chi connectivity index (χ4v) is 8.01. The zero-order valence-electron chi connectivity index (χ0n) is 28.3. The minimum absolute atomic E-state index is 0.106. The summed E-state index contributed by atoms with van der Waals surface area (Å²) in [6.07, 6.45) is 1.97. The van der Waals surface area contributed by atoms with Crippen molar-refractivity contribution in [3.8, 4) is 0 Å². The minimum atomic E-state index is -4.74. The number of carboxylic acid groups (broad SMARTS) is 1. The van der Waals surface area contributed by atoms with Gasteiger partial charge in [0.25, 0.3) is 0 Å². The number of amides is 3. The molecule has 8 nitrogen and oxygen atoms in total. The van der Waals surface area contributed by atoms with Crippen molar-refractivity contribution in [1.29, 1.82) is 0 Å². The third-order valence-electron chi connectivity index (χ3n) is 10.3. The van der Waals surface area contributed by atoms with Crippen molar-refractivity contribution in [2.75, 3.05) is 39.9 Å². The van der Waals surface area contributed by atoms with Gasteiger partial charge in [-0.3, -0.25) is 4.90 Å². The largest absolute Gasteiger partial charge is 0.465 e. The molecular weight excluding hydrogens is 659 g/mol. The average Bonchev–Trinajstić information content (AvgIpc) is 3.08. The van der Waals surface area contributed by atoms with E-state index in [0.717, 1.165) is 44.1 Å². The zero-order chi connectivity index (χ0) is 35.4. The lowest BCUT2D eigenvalue weighted by atomic mass is 9.73. The second kappa shape index (κ2) is 18.3. The summed E-state index contributed by atoms with van der Waals surface area (Å²) >= 11 is 6.34. The van der Waals surface area contributed by atoms with Crippen molar-refractivity contribution in [2.24, 2.45) is 17.8 Å². The van der Waals surface area contributed by atoms with Gasteiger partial charge in [-0.1, -0.05) is 86.2 Å². The third kappa shape index (κ3) is 11.5. The topological polar surface area (TPSA) is 102 Å². The normalized spacial score (nSPS) is 19.9. The molecule has 1 heterocycles. The number of piperidine rings is 1. The van der Waals surface area contributed by atoms with Crippen LogP contribution in [0.3, 0.4) is 0 Å². The molecule has 1 aliphatic heterocycles. The van der Waals surface area contributed by atoms with E-state index in [0.29, 0.717) is 60.7 Å². The predicted octanol–water partition coefficient (Wildman–Crippen LogP) is 8.12. The van der Waals surface area contributed by atoms with E-state index in [9.17, 15) is 33.0 Å². The maximum absolute atomic E-state index is 14.2. The van der Waals surface area contributed by atoms with Crippen molar-refractivity contribution in [1.82, 2.24) is 15.1 Å². The quantitative estimate of drug-likeness (QED) is 0.162. The number of hydrogen-bond acceptors (Lipinski definition) is 4. The molecule has 2 aliphatic rings. The number of nitrogens with one attached hydrogen (secondary N) is 1. The van der Waals surface area contributed by atoms with E-state index in [2.05, 4.69) is 5.32 Å². The Balaban J connectivity index is 1.62. The molecule has 2 fully saturated rings. The van der Waals surface area contributed by atoms with E-state index >= 15 is 0 Å². The van der Waals surface area contributed by atoms with E-state index < -0.39 is 43.0 Å². The van der Waals surface area contributed by atoms with Crippen LogP contribution in [0.15, 0.2) is 54.6 Å². The molecule has 1 aliphatic carbocycles. The molecule has 2 aromatic carbocycles. The lowest BCUT2D eigenvalue weighted by Crippen LogP contribution is -2.57. The lowest BCUT2D eigenvalue weighted by Gasteiger charge is -2.44. The number of halogens is 4. The molecule has 3 N–H and O–H groups in total. The number of unbranched alkanes of at least 4 members (excludes halogenated alkanes) is 1.